The van der Waals surface area contributed by atoms with Crippen molar-refractivity contribution in [3.8, 4) is 34.0 Å². The molecule has 0 radical (unpaired) electrons. The van der Waals surface area contributed by atoms with Gasteiger partial charge < -0.3 is 14.0 Å². The zero-order valence-corrected chi connectivity index (χ0v) is 27.7. The molecule has 0 bridgehead atoms. The summed E-state index contributed by atoms with van der Waals surface area (Å²) in [6.45, 7) is 15.2. The van der Waals surface area contributed by atoms with Crippen LogP contribution in [0.3, 0.4) is 0 Å². The van der Waals surface area contributed by atoms with Gasteiger partial charge in [0.05, 0.1) is 22.0 Å². The van der Waals surface area contributed by atoms with Crippen LogP contribution in [0.2, 0.25) is 0 Å². The number of aromatic nitrogens is 3. The topological polar surface area (TPSA) is 142 Å². The first-order valence-corrected chi connectivity index (χ1v) is 15.9. The maximum atomic E-state index is 13.5. The van der Waals surface area contributed by atoms with E-state index >= 15 is 0 Å². The van der Waals surface area contributed by atoms with Crippen LogP contribution >= 0.6 is 0 Å². The number of hydrogen-bond donors (Lipinski definition) is 0. The monoisotopic (exact) mass is 634 g/mol. The Labute approximate surface area is 263 Å². The molecule has 2 heterocycles. The van der Waals surface area contributed by atoms with E-state index in [2.05, 4.69) is 10.1 Å². The molecule has 2 amide bonds. The predicted molar refractivity (Wildman–Crippen MR) is 170 cm³/mol. The van der Waals surface area contributed by atoms with Gasteiger partial charge in [0, 0.05) is 17.2 Å². The molecule has 0 fully saturated rings. The number of ether oxygens (including phenoxy) is 2. The predicted octanol–water partition coefficient (Wildman–Crippen LogP) is 7.63. The summed E-state index contributed by atoms with van der Waals surface area (Å²) in [5.41, 5.74) is 1.27. The molecule has 0 N–H and O–H groups in total. The largest absolute Gasteiger partial charge is 0.443 e. The van der Waals surface area contributed by atoms with Crippen molar-refractivity contribution in [2.45, 2.75) is 83.7 Å². The minimum atomic E-state index is -3.49. The van der Waals surface area contributed by atoms with Crippen molar-refractivity contribution in [3.05, 3.63) is 66.4 Å². The maximum Gasteiger partial charge on any atom is 0.425 e. The van der Waals surface area contributed by atoms with Gasteiger partial charge in [-0.15, -0.1) is 0 Å². The molecular weight excluding hydrogens is 596 g/mol. The van der Waals surface area contributed by atoms with E-state index in [0.29, 0.717) is 21.9 Å². The lowest BCUT2D eigenvalue weighted by Gasteiger charge is -2.28. The molecule has 0 aliphatic heterocycles. The van der Waals surface area contributed by atoms with Crippen molar-refractivity contribution in [3.63, 3.8) is 0 Å². The zero-order chi connectivity index (χ0) is 33.3. The van der Waals surface area contributed by atoms with E-state index in [0.717, 1.165) is 11.1 Å². The highest BCUT2D eigenvalue weighted by molar-refractivity contribution is 7.92. The Kier molecular flexibility index (Phi) is 9.20. The molecule has 0 unspecified atom stereocenters. The fourth-order valence-corrected chi connectivity index (χ4v) is 5.19. The molecule has 0 spiro atoms. The van der Waals surface area contributed by atoms with Crippen molar-refractivity contribution in [1.82, 2.24) is 15.1 Å². The number of rotatable bonds is 6. The average Bonchev–Trinajstić information content (AvgIpc) is 3.42. The molecule has 0 saturated carbocycles. The van der Waals surface area contributed by atoms with Crippen LogP contribution in [0.15, 0.2) is 70.2 Å². The number of sulfone groups is 1. The van der Waals surface area contributed by atoms with E-state index in [1.165, 1.54) is 18.3 Å². The number of benzene rings is 2. The lowest BCUT2D eigenvalue weighted by Crippen LogP contribution is -2.44. The molecular formula is C33H38N4O7S. The highest BCUT2D eigenvalue weighted by Crippen LogP contribution is 2.34. The molecule has 12 heteroatoms. The summed E-state index contributed by atoms with van der Waals surface area (Å²) in [5, 5.41) is 3.62. The van der Waals surface area contributed by atoms with Crippen molar-refractivity contribution >= 4 is 27.8 Å². The second-order valence-electron chi connectivity index (χ2n) is 12.8. The van der Waals surface area contributed by atoms with E-state index in [4.69, 9.17) is 19.0 Å². The molecule has 11 nitrogen and oxygen atoms in total. The summed E-state index contributed by atoms with van der Waals surface area (Å²) >= 11 is 0. The van der Waals surface area contributed by atoms with Gasteiger partial charge in [0.1, 0.15) is 16.9 Å². The van der Waals surface area contributed by atoms with Crippen molar-refractivity contribution in [2.24, 2.45) is 0 Å². The van der Waals surface area contributed by atoms with Crippen LogP contribution in [0, 0.1) is 6.92 Å². The Morgan fingerprint density at radius 1 is 0.844 bits per heavy atom. The summed E-state index contributed by atoms with van der Waals surface area (Å²) in [6.07, 6.45) is -0.687. The normalized spacial score (nSPS) is 12.2. The fourth-order valence-electron chi connectivity index (χ4n) is 4.13. The first-order valence-electron chi connectivity index (χ1n) is 14.4. The first-order chi connectivity index (χ1) is 20.9. The minimum Gasteiger partial charge on any atom is -0.443 e. The standard InChI is InChI=1S/C33H38N4O7S/c1-20(2)45(40,41)24-15-13-22(14-16-24)26-19-34-29(37(30(38)42-32(4,5)6)31(39)43-33(7,8)9)28(35-26)27-18-25(36-44-27)23-12-10-11-21(3)17-23/h10-20H,1-9H3. The molecule has 238 valence electrons. The van der Waals surface area contributed by atoms with Gasteiger partial charge in [-0.1, -0.05) is 41.1 Å². The number of anilines is 1. The van der Waals surface area contributed by atoms with Gasteiger partial charge >= 0.3 is 12.2 Å². The highest BCUT2D eigenvalue weighted by atomic mass is 32.2. The van der Waals surface area contributed by atoms with Crippen molar-refractivity contribution < 1.29 is 32.0 Å². The van der Waals surface area contributed by atoms with Gasteiger partial charge in [0.15, 0.2) is 27.1 Å². The number of amides is 2. The SMILES string of the molecule is Cc1cccc(-c2cc(-c3nc(-c4ccc(S(=O)(=O)C(C)C)cc4)cnc3N(C(=O)OC(C)(C)C)C(=O)OC(C)(C)C)on2)c1. The summed E-state index contributed by atoms with van der Waals surface area (Å²) in [6, 6.07) is 15.5. The molecule has 4 aromatic rings. The molecule has 0 saturated heterocycles. The van der Waals surface area contributed by atoms with Crippen LogP contribution < -0.4 is 4.90 Å². The number of imide groups is 1. The number of aryl methyl sites for hydroxylation is 1. The lowest BCUT2D eigenvalue weighted by molar-refractivity contribution is 0.0429. The molecule has 0 aliphatic carbocycles. The zero-order valence-electron chi connectivity index (χ0n) is 26.9. The van der Waals surface area contributed by atoms with Crippen molar-refractivity contribution in [1.29, 1.82) is 0 Å². The van der Waals surface area contributed by atoms with Gasteiger partial charge in [-0.05, 0) is 80.5 Å². The second kappa shape index (κ2) is 12.4. The van der Waals surface area contributed by atoms with E-state index in [-0.39, 0.29) is 22.2 Å². The van der Waals surface area contributed by atoms with Crippen LogP contribution in [0.4, 0.5) is 15.4 Å². The number of carbonyl (C=O) groups excluding carboxylic acids is 2. The maximum absolute atomic E-state index is 13.5. The van der Waals surface area contributed by atoms with Crippen molar-refractivity contribution in [2.75, 3.05) is 4.90 Å². The Bertz CT molecular complexity index is 1790. The average molecular weight is 635 g/mol. The smallest absolute Gasteiger partial charge is 0.425 e. The first kappa shape index (κ1) is 33.3. The Balaban J connectivity index is 1.90. The summed E-state index contributed by atoms with van der Waals surface area (Å²) in [5.74, 6) is -0.0832. The van der Waals surface area contributed by atoms with Gasteiger partial charge in [-0.2, -0.15) is 4.90 Å². The van der Waals surface area contributed by atoms with Crippen LogP contribution in [-0.2, 0) is 19.3 Å². The Morgan fingerprint density at radius 2 is 1.44 bits per heavy atom. The molecule has 4 rings (SSSR count). The summed E-state index contributed by atoms with van der Waals surface area (Å²) in [7, 11) is -3.49. The Morgan fingerprint density at radius 3 is 1.98 bits per heavy atom. The quantitative estimate of drug-likeness (QED) is 0.208. The molecule has 2 aromatic heterocycles. The minimum absolute atomic E-state index is 0.00880. The van der Waals surface area contributed by atoms with E-state index in [1.54, 1.807) is 73.6 Å². The van der Waals surface area contributed by atoms with E-state index in [1.807, 2.05) is 31.2 Å². The Hall–Kier alpha value is -4.58. The molecule has 0 aliphatic rings. The third-order valence-corrected chi connectivity index (χ3v) is 8.44. The van der Waals surface area contributed by atoms with Crippen LogP contribution in [0.25, 0.3) is 34.0 Å². The second-order valence-corrected chi connectivity index (χ2v) is 15.3. The number of carbonyl (C=O) groups is 2. The van der Waals surface area contributed by atoms with Gasteiger partial charge in [-0.3, -0.25) is 0 Å². The third kappa shape index (κ3) is 7.93. The van der Waals surface area contributed by atoms with E-state index in [9.17, 15) is 18.0 Å². The number of nitrogens with zero attached hydrogens (tertiary/aromatic N) is 4. The van der Waals surface area contributed by atoms with Crippen LogP contribution in [0.5, 0.6) is 0 Å². The van der Waals surface area contributed by atoms with Gasteiger partial charge in [0.25, 0.3) is 0 Å². The molecule has 45 heavy (non-hydrogen) atoms. The van der Waals surface area contributed by atoms with Crippen LogP contribution in [-0.4, -0.2) is 52.2 Å². The van der Waals surface area contributed by atoms with E-state index < -0.39 is 38.5 Å². The molecule has 0 atom stereocenters. The lowest BCUT2D eigenvalue weighted by atomic mass is 10.1. The van der Waals surface area contributed by atoms with Crippen LogP contribution in [0.1, 0.15) is 61.0 Å². The summed E-state index contributed by atoms with van der Waals surface area (Å²) < 4.78 is 42.2. The van der Waals surface area contributed by atoms with Gasteiger partial charge in [0.2, 0.25) is 0 Å². The summed E-state index contributed by atoms with van der Waals surface area (Å²) in [4.78, 5) is 37.1. The third-order valence-electron chi connectivity index (χ3n) is 6.27. The van der Waals surface area contributed by atoms with Gasteiger partial charge in [-0.25, -0.2) is 28.0 Å². The highest BCUT2D eigenvalue weighted by Gasteiger charge is 2.37. The fraction of sp³-hybridized carbons (Fsp3) is 0.364. The molecule has 2 aromatic carbocycles. The number of hydrogen-bond acceptors (Lipinski definition) is 10.